The number of amides is 1. The smallest absolute Gasteiger partial charge is 0.262 e. The van der Waals surface area contributed by atoms with Crippen LogP contribution in [0.1, 0.15) is 11.1 Å². The fourth-order valence-electron chi connectivity index (χ4n) is 2.59. The third kappa shape index (κ3) is 5.77. The summed E-state index contributed by atoms with van der Waals surface area (Å²) in [4.78, 5) is 12.0. The van der Waals surface area contributed by atoms with Crippen molar-refractivity contribution in [1.82, 2.24) is 0 Å². The monoisotopic (exact) mass is 450 g/mol. The first-order chi connectivity index (χ1) is 14.0. The summed E-state index contributed by atoms with van der Waals surface area (Å²) < 4.78 is 19.6. The Labute approximate surface area is 176 Å². The van der Waals surface area contributed by atoms with E-state index < -0.39 is 5.82 Å². The predicted octanol–water partition coefficient (Wildman–Crippen LogP) is 5.67. The molecule has 0 aliphatic heterocycles. The van der Waals surface area contributed by atoms with E-state index in [0.29, 0.717) is 27.0 Å². The molecule has 3 rings (SSSR count). The maximum absolute atomic E-state index is 13.4. The lowest BCUT2D eigenvalue weighted by atomic mass is 10.0. The Kier molecular flexibility index (Phi) is 6.77. The number of nitriles is 1. The highest BCUT2D eigenvalue weighted by Gasteiger charge is 2.08. The first kappa shape index (κ1) is 20.3. The summed E-state index contributed by atoms with van der Waals surface area (Å²) in [5, 5.41) is 12.1. The second-order valence-corrected chi connectivity index (χ2v) is 6.93. The van der Waals surface area contributed by atoms with Crippen molar-refractivity contribution in [2.45, 2.75) is 0 Å². The SMILES string of the molecule is N#C/C(=C/c1ccc(OCC(=O)Nc2ccccc2)c(Br)c1)c1cccc(F)c1. The summed E-state index contributed by atoms with van der Waals surface area (Å²) in [5.74, 6) is -0.179. The van der Waals surface area contributed by atoms with Crippen molar-refractivity contribution in [3.8, 4) is 11.8 Å². The molecule has 3 aromatic rings. The molecule has 4 nitrogen and oxygen atoms in total. The average molecular weight is 451 g/mol. The number of nitrogens with zero attached hydrogens (tertiary/aromatic N) is 1. The molecule has 1 amide bonds. The number of carbonyl (C=O) groups is 1. The van der Waals surface area contributed by atoms with Crippen LogP contribution in [-0.2, 0) is 4.79 Å². The first-order valence-electron chi connectivity index (χ1n) is 8.70. The number of benzene rings is 3. The highest BCUT2D eigenvalue weighted by atomic mass is 79.9. The Morgan fingerprint density at radius 1 is 1.10 bits per heavy atom. The third-order valence-corrected chi connectivity index (χ3v) is 4.56. The standard InChI is InChI=1S/C23H16BrFN2O2/c24-21-12-16(11-18(14-26)17-5-4-6-19(25)13-17)9-10-22(21)29-15-23(28)27-20-7-2-1-3-8-20/h1-13H,15H2,(H,27,28)/b18-11-. The largest absolute Gasteiger partial charge is 0.483 e. The molecule has 0 heterocycles. The molecule has 0 radical (unpaired) electrons. The summed E-state index contributed by atoms with van der Waals surface area (Å²) in [6.45, 7) is -0.143. The quantitative estimate of drug-likeness (QED) is 0.388. The molecular weight excluding hydrogens is 435 g/mol. The van der Waals surface area contributed by atoms with Gasteiger partial charge in [-0.3, -0.25) is 4.79 Å². The van der Waals surface area contributed by atoms with Crippen molar-refractivity contribution in [3.05, 3.63) is 94.2 Å². The number of allylic oxidation sites excluding steroid dienone is 1. The number of anilines is 1. The van der Waals surface area contributed by atoms with Gasteiger partial charge in [0.25, 0.3) is 5.91 Å². The van der Waals surface area contributed by atoms with Gasteiger partial charge in [-0.15, -0.1) is 0 Å². The van der Waals surface area contributed by atoms with E-state index in [1.807, 2.05) is 18.2 Å². The Balaban J connectivity index is 1.68. The minimum Gasteiger partial charge on any atom is -0.483 e. The summed E-state index contributed by atoms with van der Waals surface area (Å²) in [6, 6.07) is 22.3. The minimum absolute atomic E-state index is 0.143. The minimum atomic E-state index is -0.401. The van der Waals surface area contributed by atoms with Gasteiger partial charge >= 0.3 is 0 Å². The molecule has 144 valence electrons. The normalized spacial score (nSPS) is 10.9. The Morgan fingerprint density at radius 2 is 1.90 bits per heavy atom. The molecule has 0 saturated heterocycles. The Morgan fingerprint density at radius 3 is 2.59 bits per heavy atom. The van der Waals surface area contributed by atoms with E-state index in [1.165, 1.54) is 12.1 Å². The maximum atomic E-state index is 13.4. The number of carbonyl (C=O) groups excluding carboxylic acids is 1. The Bertz CT molecular complexity index is 1090. The molecule has 0 atom stereocenters. The van der Waals surface area contributed by atoms with Crippen LogP contribution in [0.3, 0.4) is 0 Å². The van der Waals surface area contributed by atoms with Gasteiger partial charge in [-0.2, -0.15) is 5.26 Å². The molecule has 6 heteroatoms. The fraction of sp³-hybridized carbons (Fsp3) is 0.0435. The van der Waals surface area contributed by atoms with Crippen molar-refractivity contribution in [2.75, 3.05) is 11.9 Å². The summed E-state index contributed by atoms with van der Waals surface area (Å²) >= 11 is 3.41. The van der Waals surface area contributed by atoms with Gasteiger partial charge in [0, 0.05) is 5.69 Å². The average Bonchev–Trinajstić information content (AvgIpc) is 2.72. The van der Waals surface area contributed by atoms with Crippen molar-refractivity contribution < 1.29 is 13.9 Å². The van der Waals surface area contributed by atoms with E-state index >= 15 is 0 Å². The van der Waals surface area contributed by atoms with E-state index in [2.05, 4.69) is 27.3 Å². The van der Waals surface area contributed by atoms with Crippen LogP contribution in [0.25, 0.3) is 11.6 Å². The summed E-state index contributed by atoms with van der Waals surface area (Å²) in [6.07, 6.45) is 1.66. The molecule has 0 aliphatic carbocycles. The van der Waals surface area contributed by atoms with E-state index in [9.17, 15) is 14.4 Å². The van der Waals surface area contributed by atoms with Crippen LogP contribution in [0.4, 0.5) is 10.1 Å². The number of ether oxygens (including phenoxy) is 1. The molecule has 0 unspecified atom stereocenters. The molecule has 3 aromatic carbocycles. The molecule has 0 bridgehead atoms. The van der Waals surface area contributed by atoms with Gasteiger partial charge in [0.2, 0.25) is 0 Å². The second-order valence-electron chi connectivity index (χ2n) is 6.07. The van der Waals surface area contributed by atoms with Crippen molar-refractivity contribution in [2.24, 2.45) is 0 Å². The van der Waals surface area contributed by atoms with E-state index in [4.69, 9.17) is 4.74 Å². The molecule has 0 aromatic heterocycles. The first-order valence-corrected chi connectivity index (χ1v) is 9.49. The van der Waals surface area contributed by atoms with Gasteiger partial charge in [-0.05, 0) is 69.5 Å². The topological polar surface area (TPSA) is 62.1 Å². The molecule has 1 N–H and O–H groups in total. The molecule has 0 saturated carbocycles. The molecular formula is C23H16BrFN2O2. The maximum Gasteiger partial charge on any atom is 0.262 e. The third-order valence-electron chi connectivity index (χ3n) is 3.94. The van der Waals surface area contributed by atoms with Gasteiger partial charge in [0.15, 0.2) is 6.61 Å². The van der Waals surface area contributed by atoms with Gasteiger partial charge in [0.05, 0.1) is 16.1 Å². The molecule has 0 fully saturated rings. The summed E-state index contributed by atoms with van der Waals surface area (Å²) in [7, 11) is 0. The van der Waals surface area contributed by atoms with E-state index in [0.717, 1.165) is 5.56 Å². The van der Waals surface area contributed by atoms with Gasteiger partial charge in [-0.1, -0.05) is 36.4 Å². The van der Waals surface area contributed by atoms with Crippen LogP contribution in [-0.4, -0.2) is 12.5 Å². The zero-order valence-electron chi connectivity index (χ0n) is 15.2. The van der Waals surface area contributed by atoms with Gasteiger partial charge in [-0.25, -0.2) is 4.39 Å². The van der Waals surface area contributed by atoms with Crippen LogP contribution < -0.4 is 10.1 Å². The summed E-state index contributed by atoms with van der Waals surface area (Å²) in [5.41, 5.74) is 2.27. The lowest BCUT2D eigenvalue weighted by Crippen LogP contribution is -2.20. The zero-order chi connectivity index (χ0) is 20.6. The molecule has 29 heavy (non-hydrogen) atoms. The fourth-order valence-corrected chi connectivity index (χ4v) is 3.10. The zero-order valence-corrected chi connectivity index (χ0v) is 16.8. The van der Waals surface area contributed by atoms with E-state index in [1.54, 1.807) is 48.5 Å². The van der Waals surface area contributed by atoms with Crippen LogP contribution in [0, 0.1) is 17.1 Å². The molecule has 0 aliphatic rings. The number of para-hydroxylation sites is 1. The van der Waals surface area contributed by atoms with Crippen molar-refractivity contribution in [3.63, 3.8) is 0 Å². The predicted molar refractivity (Wildman–Crippen MR) is 115 cm³/mol. The van der Waals surface area contributed by atoms with Gasteiger partial charge < -0.3 is 10.1 Å². The van der Waals surface area contributed by atoms with Crippen LogP contribution >= 0.6 is 15.9 Å². The van der Waals surface area contributed by atoms with Gasteiger partial charge in [0.1, 0.15) is 11.6 Å². The van der Waals surface area contributed by atoms with E-state index in [-0.39, 0.29) is 12.5 Å². The van der Waals surface area contributed by atoms with Crippen LogP contribution in [0.15, 0.2) is 77.3 Å². The van der Waals surface area contributed by atoms with Crippen LogP contribution in [0.2, 0.25) is 0 Å². The number of hydrogen-bond acceptors (Lipinski definition) is 3. The van der Waals surface area contributed by atoms with Crippen LogP contribution in [0.5, 0.6) is 5.75 Å². The number of rotatable bonds is 6. The number of hydrogen-bond donors (Lipinski definition) is 1. The number of nitrogens with one attached hydrogen (secondary N) is 1. The molecule has 0 spiro atoms. The van der Waals surface area contributed by atoms with Crippen molar-refractivity contribution >= 4 is 39.2 Å². The Hall–Kier alpha value is -3.43. The highest BCUT2D eigenvalue weighted by molar-refractivity contribution is 9.10. The lowest BCUT2D eigenvalue weighted by molar-refractivity contribution is -0.118. The highest BCUT2D eigenvalue weighted by Crippen LogP contribution is 2.28. The number of halogens is 2. The lowest BCUT2D eigenvalue weighted by Gasteiger charge is -2.10. The van der Waals surface area contributed by atoms with Crippen molar-refractivity contribution in [1.29, 1.82) is 5.26 Å². The second kappa shape index (κ2) is 9.67.